The lowest BCUT2D eigenvalue weighted by molar-refractivity contribution is -0.135. The van der Waals surface area contributed by atoms with Crippen molar-refractivity contribution in [1.82, 2.24) is 14.9 Å². The quantitative estimate of drug-likeness (QED) is 0.333. The van der Waals surface area contributed by atoms with E-state index in [9.17, 15) is 9.59 Å². The van der Waals surface area contributed by atoms with Gasteiger partial charge in [-0.2, -0.15) is 4.98 Å². The summed E-state index contributed by atoms with van der Waals surface area (Å²) in [6.07, 6.45) is 6.27. The van der Waals surface area contributed by atoms with Crippen LogP contribution < -0.4 is 16.4 Å². The topological polar surface area (TPSA) is 113 Å². The van der Waals surface area contributed by atoms with Crippen molar-refractivity contribution in [3.8, 4) is 0 Å². The Morgan fingerprint density at radius 3 is 2.26 bits per heavy atom. The summed E-state index contributed by atoms with van der Waals surface area (Å²) in [5.41, 5.74) is 6.72. The van der Waals surface area contributed by atoms with Crippen LogP contribution in [0.1, 0.15) is 47.0 Å². The van der Waals surface area contributed by atoms with Gasteiger partial charge in [-0.25, -0.2) is 4.98 Å². The number of thiocarbonyl (C=S) groups is 1. The highest BCUT2D eigenvalue weighted by Gasteiger charge is 2.18. The molecule has 2 aromatic rings. The van der Waals surface area contributed by atoms with E-state index in [0.29, 0.717) is 28.1 Å². The van der Waals surface area contributed by atoms with Gasteiger partial charge in [0.05, 0.1) is 17.6 Å². The molecule has 3 rings (SSSR count). The van der Waals surface area contributed by atoms with Gasteiger partial charge in [-0.1, -0.05) is 70.2 Å². The van der Waals surface area contributed by atoms with E-state index in [2.05, 4.69) is 45.3 Å². The molecule has 1 aliphatic heterocycles. The van der Waals surface area contributed by atoms with E-state index in [0.717, 1.165) is 13.1 Å². The fourth-order valence-electron chi connectivity index (χ4n) is 2.96. The Bertz CT molecular complexity index is 936. The number of nitrogens with one attached hydrogen (secondary N) is 2. The minimum Gasteiger partial charge on any atom is -0.368 e. The molecule has 35 heavy (non-hydrogen) atoms. The zero-order valence-corrected chi connectivity index (χ0v) is 22.6. The van der Waals surface area contributed by atoms with Crippen LogP contribution in [0.15, 0.2) is 43.1 Å². The molecule has 0 unspecified atom stereocenters. The Morgan fingerprint density at radius 2 is 1.71 bits per heavy atom. The van der Waals surface area contributed by atoms with E-state index >= 15 is 0 Å². The molecule has 0 bridgehead atoms. The van der Waals surface area contributed by atoms with E-state index < -0.39 is 0 Å². The first-order chi connectivity index (χ1) is 16.8. The molecule has 8 nitrogen and oxygen atoms in total. The molecule has 2 heterocycles. The van der Waals surface area contributed by atoms with Crippen molar-refractivity contribution in [3.05, 3.63) is 48.1 Å². The molecule has 0 radical (unpaired) electrons. The van der Waals surface area contributed by atoms with Crippen LogP contribution in [0.2, 0.25) is 5.02 Å². The minimum atomic E-state index is -0.312. The molecule has 0 atom stereocenters. The monoisotopic (exact) mass is 520 g/mol. The van der Waals surface area contributed by atoms with Crippen LogP contribution >= 0.6 is 23.8 Å². The number of benzene rings is 1. The molecule has 0 spiro atoms. The summed E-state index contributed by atoms with van der Waals surface area (Å²) in [5.74, 6) is 3.48. The lowest BCUT2D eigenvalue weighted by Crippen LogP contribution is -2.38. The van der Waals surface area contributed by atoms with E-state index in [1.54, 1.807) is 18.2 Å². The van der Waals surface area contributed by atoms with Gasteiger partial charge < -0.3 is 21.3 Å². The number of likely N-dealkylation sites (tertiary alicyclic amines) is 1. The summed E-state index contributed by atoms with van der Waals surface area (Å²) in [4.78, 5) is 32.6. The number of nitrogens with two attached hydrogens (primary N) is 1. The molecule has 1 aromatic heterocycles. The van der Waals surface area contributed by atoms with Crippen molar-refractivity contribution < 1.29 is 9.59 Å². The molecular formula is C25H37ClN6O2S. The summed E-state index contributed by atoms with van der Waals surface area (Å²) >= 11 is 9.82. The second kappa shape index (κ2) is 18.3. The van der Waals surface area contributed by atoms with Gasteiger partial charge >= 0.3 is 0 Å². The average molecular weight is 521 g/mol. The molecule has 10 heteroatoms. The van der Waals surface area contributed by atoms with Gasteiger partial charge in [-0.15, -0.1) is 0 Å². The fraction of sp³-hybridized carbons (Fsp3) is 0.400. The van der Waals surface area contributed by atoms with Crippen LogP contribution in [0.25, 0.3) is 0 Å². The van der Waals surface area contributed by atoms with Gasteiger partial charge in [0.15, 0.2) is 5.82 Å². The highest BCUT2D eigenvalue weighted by molar-refractivity contribution is 7.77. The number of halogens is 1. The molecule has 0 aliphatic carbocycles. The van der Waals surface area contributed by atoms with Gasteiger partial charge in [0.2, 0.25) is 17.8 Å². The van der Waals surface area contributed by atoms with E-state index in [-0.39, 0.29) is 17.8 Å². The zero-order chi connectivity index (χ0) is 26.8. The second-order valence-electron chi connectivity index (χ2n) is 7.33. The third-order valence-corrected chi connectivity index (χ3v) is 4.82. The van der Waals surface area contributed by atoms with Crippen molar-refractivity contribution in [2.24, 2.45) is 5.92 Å². The smallest absolute Gasteiger partial charge is 0.247 e. The Hall–Kier alpha value is -3.04. The number of anilines is 4. The second-order valence-corrected chi connectivity index (χ2v) is 7.74. The van der Waals surface area contributed by atoms with Gasteiger partial charge in [0.1, 0.15) is 5.02 Å². The van der Waals surface area contributed by atoms with Gasteiger partial charge in [0.25, 0.3) is 0 Å². The summed E-state index contributed by atoms with van der Waals surface area (Å²) < 4.78 is 0. The number of aromatic nitrogens is 2. The first-order valence-corrected chi connectivity index (χ1v) is 12.4. The van der Waals surface area contributed by atoms with Crippen molar-refractivity contribution in [3.63, 3.8) is 0 Å². The zero-order valence-electron chi connectivity index (χ0n) is 21.0. The van der Waals surface area contributed by atoms with E-state index in [1.165, 1.54) is 31.5 Å². The molecule has 1 saturated heterocycles. The number of hydrogen-bond acceptors (Lipinski definition) is 7. The Balaban J connectivity index is 0.000000652. The normalized spacial score (nSPS) is 11.9. The number of rotatable bonds is 5. The summed E-state index contributed by atoms with van der Waals surface area (Å²) in [6.45, 7) is 13.3. The number of hydrogen-bond donors (Lipinski definition) is 3. The molecule has 1 aliphatic rings. The molecule has 2 amide bonds. The first kappa shape index (κ1) is 32.0. The molecule has 192 valence electrons. The number of nitrogen functional groups attached to an aromatic ring is 1. The number of piperidine rings is 1. The van der Waals surface area contributed by atoms with E-state index in [1.807, 2.05) is 38.7 Å². The number of nitrogens with zero attached hydrogens (tertiary/aromatic N) is 3. The lowest BCUT2D eigenvalue weighted by atomic mass is 10.1. The van der Waals surface area contributed by atoms with Crippen LogP contribution in [-0.2, 0) is 9.59 Å². The maximum Gasteiger partial charge on any atom is 0.247 e. The van der Waals surface area contributed by atoms with Crippen LogP contribution in [0, 0.1) is 5.92 Å². The van der Waals surface area contributed by atoms with E-state index in [4.69, 9.17) is 17.3 Å². The van der Waals surface area contributed by atoms with Crippen LogP contribution in [0.5, 0.6) is 0 Å². The van der Waals surface area contributed by atoms with Crippen molar-refractivity contribution in [1.29, 1.82) is 0 Å². The van der Waals surface area contributed by atoms with Crippen molar-refractivity contribution >= 4 is 64.6 Å². The van der Waals surface area contributed by atoms with Crippen molar-refractivity contribution in [2.75, 3.05) is 29.5 Å². The Morgan fingerprint density at radius 1 is 1.14 bits per heavy atom. The molecular weight excluding hydrogens is 484 g/mol. The Labute approximate surface area is 219 Å². The predicted molar refractivity (Wildman–Crippen MR) is 151 cm³/mol. The maximum atomic E-state index is 11.4. The number of carbonyl (C=O) groups is 2. The predicted octanol–water partition coefficient (Wildman–Crippen LogP) is 5.88. The summed E-state index contributed by atoms with van der Waals surface area (Å²) in [6, 6.07) is 7.11. The van der Waals surface area contributed by atoms with Crippen LogP contribution in [-0.4, -0.2) is 45.6 Å². The highest BCUT2D eigenvalue weighted by Crippen LogP contribution is 2.28. The lowest BCUT2D eigenvalue weighted by Gasteiger charge is -2.28. The van der Waals surface area contributed by atoms with Gasteiger partial charge in [0, 0.05) is 19.0 Å². The summed E-state index contributed by atoms with van der Waals surface area (Å²) in [5, 5.41) is 6.00. The first-order valence-electron chi connectivity index (χ1n) is 11.5. The molecule has 4 N–H and O–H groups in total. The summed E-state index contributed by atoms with van der Waals surface area (Å²) in [7, 11) is 0. The standard InChI is InChI=1S/C13H12ClN5O.C9H17NO.C2H6.CH2S/c1-2-11(20)17-9-5-3-4-6-10(9)18-12-8(14)7-16-13(15)19-12;1-8(2)9(11)10-6-4-3-5-7-10;2*1-2/h2-7H,1H2,(H,17,20)(H3,15,16,18,19);8H,3-7H2,1-2H3;1-2H3;1H2. The van der Waals surface area contributed by atoms with Crippen LogP contribution in [0.4, 0.5) is 23.1 Å². The maximum absolute atomic E-state index is 11.4. The SMILES string of the molecule is C=CC(=O)Nc1ccccc1Nc1nc(N)ncc1Cl.C=S.CC.CC(C)C(=O)N1CCCCC1. The third kappa shape index (κ3) is 11.8. The minimum absolute atomic E-state index is 0.101. The third-order valence-electron chi connectivity index (χ3n) is 4.55. The molecule has 1 fully saturated rings. The van der Waals surface area contributed by atoms with Crippen LogP contribution in [0.3, 0.4) is 0 Å². The van der Waals surface area contributed by atoms with Gasteiger partial charge in [-0.3, -0.25) is 9.59 Å². The highest BCUT2D eigenvalue weighted by atomic mass is 35.5. The number of carbonyl (C=O) groups excluding carboxylic acids is 2. The molecule has 0 saturated carbocycles. The number of amides is 2. The van der Waals surface area contributed by atoms with Crippen molar-refractivity contribution in [2.45, 2.75) is 47.0 Å². The molecule has 1 aromatic carbocycles. The average Bonchev–Trinajstić information content (AvgIpc) is 2.90. The Kier molecular flexibility index (Phi) is 16.7. The van der Waals surface area contributed by atoms with Gasteiger partial charge in [-0.05, 0) is 43.3 Å². The number of para-hydroxylation sites is 2. The fourth-order valence-corrected chi connectivity index (χ4v) is 3.10. The largest absolute Gasteiger partial charge is 0.368 e.